The molecule has 132 valence electrons. The number of aromatic nitrogens is 1. The van der Waals surface area contributed by atoms with Gasteiger partial charge in [-0.05, 0) is 50.7 Å². The van der Waals surface area contributed by atoms with Gasteiger partial charge in [0.25, 0.3) is 0 Å². The number of carbonyl (C=O) groups is 2. The number of fused-ring (bicyclic) bond motifs is 1. The molecule has 25 heavy (non-hydrogen) atoms. The van der Waals surface area contributed by atoms with Gasteiger partial charge in [0.1, 0.15) is 0 Å². The van der Waals surface area contributed by atoms with E-state index in [1.165, 1.54) is 31.6 Å². The number of aliphatic carboxylic acids is 2. The predicted molar refractivity (Wildman–Crippen MR) is 92.4 cm³/mol. The van der Waals surface area contributed by atoms with Gasteiger partial charge in [-0.25, -0.2) is 9.59 Å². The van der Waals surface area contributed by atoms with E-state index in [0.29, 0.717) is 5.92 Å². The van der Waals surface area contributed by atoms with Crippen molar-refractivity contribution in [2.45, 2.75) is 25.7 Å². The zero-order chi connectivity index (χ0) is 18.4. The lowest BCUT2D eigenvalue weighted by Gasteiger charge is -2.30. The Morgan fingerprint density at radius 1 is 1.28 bits per heavy atom. The molecular formula is C18H21N3O4. The van der Waals surface area contributed by atoms with Crippen LogP contribution in [-0.2, 0) is 9.59 Å². The lowest BCUT2D eigenvalue weighted by molar-refractivity contribution is -0.159. The minimum atomic E-state index is -1.82. The Hall–Kier alpha value is -2.85. The third-order valence-electron chi connectivity index (χ3n) is 4.46. The number of nitrogens with zero attached hydrogens (tertiary/aromatic N) is 2. The van der Waals surface area contributed by atoms with Gasteiger partial charge >= 0.3 is 11.9 Å². The fourth-order valence-electron chi connectivity index (χ4n) is 3.05. The van der Waals surface area contributed by atoms with Crippen molar-refractivity contribution in [3.05, 3.63) is 35.5 Å². The second-order valence-electron chi connectivity index (χ2n) is 5.92. The lowest BCUT2D eigenvalue weighted by atomic mass is 9.93. The fourth-order valence-corrected chi connectivity index (χ4v) is 3.05. The molecule has 1 aromatic carbocycles. The quantitative estimate of drug-likeness (QED) is 0.721. The summed E-state index contributed by atoms with van der Waals surface area (Å²) in [6.45, 7) is 5.74. The number of hydrogen-bond donors (Lipinski definition) is 3. The number of nitrogens with one attached hydrogen (secondary N) is 1. The van der Waals surface area contributed by atoms with E-state index in [0.717, 1.165) is 23.0 Å². The van der Waals surface area contributed by atoms with Gasteiger partial charge in [-0.2, -0.15) is 5.26 Å². The molecule has 0 unspecified atom stereocenters. The number of H-pyrrole nitrogens is 1. The number of carboxylic acids is 2. The van der Waals surface area contributed by atoms with E-state index < -0.39 is 11.9 Å². The van der Waals surface area contributed by atoms with Crippen LogP contribution in [0.1, 0.15) is 36.9 Å². The molecule has 0 amide bonds. The standard InChI is InChI=1S/C16H19N3.C2H2O4/c1-2-19-8-6-12(7-9-19)16-10-14-13(11-17)4-3-5-15(14)18-16;3-1(4)2(5)6/h3-5,10,12,18H,2,6-9H2,1H3;(H,3,4)(H,5,6). The summed E-state index contributed by atoms with van der Waals surface area (Å²) in [7, 11) is 0. The summed E-state index contributed by atoms with van der Waals surface area (Å²) in [5.74, 6) is -3.04. The Labute approximate surface area is 145 Å². The second-order valence-corrected chi connectivity index (χ2v) is 5.92. The van der Waals surface area contributed by atoms with Crippen molar-refractivity contribution in [3.63, 3.8) is 0 Å². The normalized spacial score (nSPS) is 15.2. The van der Waals surface area contributed by atoms with Crippen molar-refractivity contribution in [2.75, 3.05) is 19.6 Å². The van der Waals surface area contributed by atoms with E-state index in [1.807, 2.05) is 12.1 Å². The number of piperidine rings is 1. The van der Waals surface area contributed by atoms with E-state index in [4.69, 9.17) is 25.1 Å². The van der Waals surface area contributed by atoms with Gasteiger partial charge in [0.05, 0.1) is 11.6 Å². The molecule has 7 nitrogen and oxygen atoms in total. The molecule has 0 saturated carbocycles. The Kier molecular flexibility index (Phi) is 6.14. The Morgan fingerprint density at radius 2 is 1.92 bits per heavy atom. The number of aromatic amines is 1. The van der Waals surface area contributed by atoms with E-state index in [9.17, 15) is 0 Å². The van der Waals surface area contributed by atoms with Gasteiger partial charge in [0.15, 0.2) is 0 Å². The minimum Gasteiger partial charge on any atom is -0.473 e. The molecule has 0 radical (unpaired) electrons. The molecule has 0 atom stereocenters. The largest absolute Gasteiger partial charge is 0.473 e. The van der Waals surface area contributed by atoms with Crippen LogP contribution in [0.4, 0.5) is 0 Å². The molecule has 2 heterocycles. The summed E-state index contributed by atoms with van der Waals surface area (Å²) in [6, 6.07) is 10.3. The molecule has 1 aromatic heterocycles. The van der Waals surface area contributed by atoms with Crippen LogP contribution in [0.5, 0.6) is 0 Å². The van der Waals surface area contributed by atoms with Crippen molar-refractivity contribution < 1.29 is 19.8 Å². The van der Waals surface area contributed by atoms with E-state index in [2.05, 4.69) is 35.0 Å². The summed E-state index contributed by atoms with van der Waals surface area (Å²) >= 11 is 0. The van der Waals surface area contributed by atoms with E-state index in [-0.39, 0.29) is 0 Å². The van der Waals surface area contributed by atoms with Gasteiger partial charge in [-0.1, -0.05) is 13.0 Å². The monoisotopic (exact) mass is 343 g/mol. The van der Waals surface area contributed by atoms with E-state index >= 15 is 0 Å². The molecule has 7 heteroatoms. The molecule has 2 aromatic rings. The van der Waals surface area contributed by atoms with Crippen LogP contribution in [0, 0.1) is 11.3 Å². The first-order chi connectivity index (χ1) is 12.0. The Bertz CT molecular complexity index is 786. The second kappa shape index (κ2) is 8.31. The molecule has 1 aliphatic rings. The first kappa shape index (κ1) is 18.5. The predicted octanol–water partition coefficient (Wildman–Crippen LogP) is 2.39. The van der Waals surface area contributed by atoms with Crippen molar-refractivity contribution in [3.8, 4) is 6.07 Å². The summed E-state index contributed by atoms with van der Waals surface area (Å²) in [5, 5.41) is 25.0. The lowest BCUT2D eigenvalue weighted by Crippen LogP contribution is -2.32. The SMILES string of the molecule is CCN1CCC(c2cc3c(C#N)cccc3[nH]2)CC1.O=C(O)C(=O)O. The maximum atomic E-state index is 9.15. The number of rotatable bonds is 2. The molecule has 0 aliphatic carbocycles. The summed E-state index contributed by atoms with van der Waals surface area (Å²) in [5.41, 5.74) is 3.16. The number of hydrogen-bond acceptors (Lipinski definition) is 4. The average molecular weight is 343 g/mol. The molecule has 0 bridgehead atoms. The van der Waals surface area contributed by atoms with Crippen molar-refractivity contribution >= 4 is 22.8 Å². The van der Waals surface area contributed by atoms with Crippen LogP contribution in [0.2, 0.25) is 0 Å². The van der Waals surface area contributed by atoms with Crippen LogP contribution in [0.15, 0.2) is 24.3 Å². The van der Waals surface area contributed by atoms with Crippen molar-refractivity contribution in [2.24, 2.45) is 0 Å². The highest BCUT2D eigenvalue weighted by atomic mass is 16.4. The highest BCUT2D eigenvalue weighted by Gasteiger charge is 2.21. The number of nitriles is 1. The van der Waals surface area contributed by atoms with Gasteiger partial charge < -0.3 is 20.1 Å². The van der Waals surface area contributed by atoms with Gasteiger partial charge in [-0.3, -0.25) is 0 Å². The van der Waals surface area contributed by atoms with Gasteiger partial charge in [0, 0.05) is 22.5 Å². The van der Waals surface area contributed by atoms with E-state index in [1.54, 1.807) is 0 Å². The average Bonchev–Trinajstić information content (AvgIpc) is 3.06. The van der Waals surface area contributed by atoms with Crippen LogP contribution in [-0.4, -0.2) is 51.7 Å². The molecule has 1 fully saturated rings. The fraction of sp³-hybridized carbons (Fsp3) is 0.389. The maximum absolute atomic E-state index is 9.15. The van der Waals surface area contributed by atoms with Crippen LogP contribution >= 0.6 is 0 Å². The maximum Gasteiger partial charge on any atom is 0.414 e. The number of carboxylic acid groups (broad SMARTS) is 2. The Balaban J connectivity index is 0.000000326. The van der Waals surface area contributed by atoms with Gasteiger partial charge in [-0.15, -0.1) is 0 Å². The first-order valence-corrected chi connectivity index (χ1v) is 8.16. The highest BCUT2D eigenvalue weighted by molar-refractivity contribution is 6.27. The molecular weight excluding hydrogens is 322 g/mol. The van der Waals surface area contributed by atoms with Crippen molar-refractivity contribution in [1.29, 1.82) is 5.26 Å². The highest BCUT2D eigenvalue weighted by Crippen LogP contribution is 2.30. The topological polar surface area (TPSA) is 117 Å². The zero-order valence-electron chi connectivity index (χ0n) is 14.0. The smallest absolute Gasteiger partial charge is 0.414 e. The molecule has 0 spiro atoms. The molecule has 3 N–H and O–H groups in total. The van der Waals surface area contributed by atoms with Crippen molar-refractivity contribution in [1.82, 2.24) is 9.88 Å². The number of likely N-dealkylation sites (tertiary alicyclic amines) is 1. The molecule has 3 rings (SSSR count). The summed E-state index contributed by atoms with van der Waals surface area (Å²) in [6.07, 6.45) is 2.42. The molecule has 1 saturated heterocycles. The summed E-state index contributed by atoms with van der Waals surface area (Å²) in [4.78, 5) is 24.2. The van der Waals surface area contributed by atoms with Crippen LogP contribution < -0.4 is 0 Å². The third kappa shape index (κ3) is 4.58. The number of benzene rings is 1. The van der Waals surface area contributed by atoms with Crippen LogP contribution in [0.25, 0.3) is 10.9 Å². The van der Waals surface area contributed by atoms with Crippen LogP contribution in [0.3, 0.4) is 0 Å². The minimum absolute atomic E-state index is 0.613. The first-order valence-electron chi connectivity index (χ1n) is 8.16. The van der Waals surface area contributed by atoms with Gasteiger partial charge in [0.2, 0.25) is 0 Å². The third-order valence-corrected chi connectivity index (χ3v) is 4.46. The Morgan fingerprint density at radius 3 is 2.44 bits per heavy atom. The summed E-state index contributed by atoms with van der Waals surface area (Å²) < 4.78 is 0. The molecule has 1 aliphatic heterocycles. The zero-order valence-corrected chi connectivity index (χ0v) is 14.0.